The van der Waals surface area contributed by atoms with E-state index >= 15 is 0 Å². The highest BCUT2D eigenvalue weighted by molar-refractivity contribution is 6.46. The summed E-state index contributed by atoms with van der Waals surface area (Å²) in [6, 6.07) is 38.8. The molecule has 14 rings (SSSR count). The van der Waals surface area contributed by atoms with E-state index in [9.17, 15) is 68.3 Å². The van der Waals surface area contributed by atoms with Crippen molar-refractivity contribution in [2.75, 3.05) is 152 Å². The van der Waals surface area contributed by atoms with Crippen molar-refractivity contribution in [1.29, 1.82) is 0 Å². The normalized spacial score (nSPS) is 21.8. The van der Waals surface area contributed by atoms with E-state index in [1.165, 1.54) is 22.7 Å². The van der Waals surface area contributed by atoms with E-state index in [2.05, 4.69) is 31.6 Å². The Bertz CT molecular complexity index is 4330. The predicted molar refractivity (Wildman–Crippen MR) is 443 cm³/mol. The molecule has 0 bridgehead atoms. The molecular formula is C78H98B2Cl2N14O21. The first-order chi connectivity index (χ1) is 55.6. The van der Waals surface area contributed by atoms with Crippen molar-refractivity contribution in [3.63, 3.8) is 0 Å². The quantitative estimate of drug-likeness (QED) is 0.0284. The van der Waals surface area contributed by atoms with Gasteiger partial charge in [0.1, 0.15) is 38.5 Å². The number of ether oxygens (including phenoxy) is 4. The summed E-state index contributed by atoms with van der Waals surface area (Å²) in [5, 5.41) is 81.3. The van der Waals surface area contributed by atoms with Crippen molar-refractivity contribution in [3.8, 4) is 0 Å². The molecule has 0 radical (unpaired) electrons. The number of nitrogens with one attached hydrogen (secondary N) is 5. The smallest absolute Gasteiger partial charge is 0.377 e. The summed E-state index contributed by atoms with van der Waals surface area (Å²) in [4.78, 5) is 132. The number of aliphatic imine (C=N–C) groups is 1. The maximum absolute atomic E-state index is 12.9. The number of likely N-dealkylation sites (tertiary alicyclic amines) is 1. The molecule has 0 saturated carbocycles. The maximum Gasteiger partial charge on any atom is 0.377 e. The number of morpholine rings is 4. The van der Waals surface area contributed by atoms with Crippen molar-refractivity contribution in [2.24, 2.45) is 4.99 Å². The first kappa shape index (κ1) is 92.2. The molecule has 8 atom stereocenters. The molecular weight excluding hydrogens is 1560 g/mol. The van der Waals surface area contributed by atoms with E-state index in [1.807, 2.05) is 12.1 Å². The standard InChI is InChI=1S/C22H23ClN4O5.C16H22BN3O5.C15H19N3O4.C10H12N2O2.C8H6ClNO.C6H12BNO4.CH4/c23-14-1-3-16(4-2-14)25-22(31)27-12-18(28)11-19(27)21(30)24-15-5-7-17(8-6-15)26-9-10-32-13-20(26)29;1-17(24)20-9-13(21)8-14(20)16(23)18-11-2-4-12(5-3-11)19-6-7-25-10-15(19)22;19-12-7-13(16-8-12)15(21)17-10-1-3-11(4-2-10)18-5-6-22-9-14(18)20;11-8-1-3-9(4-2-8)12-5-6-14-7-10(12)13;9-7-1-3-8(4-2-7)10-5-6-11;1-7(12)8-3-4(9)2-5(8)6(10)11;/h1-8,18-19,28H,9-13H2,(H,24,30)(H,25,31);2-5,13-14,21,24H,6-10H2,1H3,(H,18,23);1-4,12-13,16,19H,5-9H2,(H,17,21);1-4H,5-7,11H2;1-6H;4-5,9,12H,2-3H2,1H3,(H,10,11);1H4/t18-,19-;13-,14-;12-,13-;;;4-,5-;/m111..1./s1. The molecule has 117 heavy (non-hydrogen) atoms. The Morgan fingerprint density at radius 2 is 0.821 bits per heavy atom. The topological polar surface area (TPSA) is 470 Å². The summed E-state index contributed by atoms with van der Waals surface area (Å²) in [6.45, 7) is 8.70. The van der Waals surface area contributed by atoms with Crippen molar-refractivity contribution in [3.05, 3.63) is 156 Å². The summed E-state index contributed by atoms with van der Waals surface area (Å²) in [5.41, 5.74) is 12.5. The third kappa shape index (κ3) is 27.7. The molecule has 8 aliphatic rings. The van der Waals surface area contributed by atoms with Crippen LogP contribution in [0, 0.1) is 0 Å². The van der Waals surface area contributed by atoms with E-state index in [0.717, 1.165) is 28.4 Å². The molecule has 6 aromatic rings. The van der Waals surface area contributed by atoms with Gasteiger partial charge in [0.15, 0.2) is 6.29 Å². The van der Waals surface area contributed by atoms with Gasteiger partial charge in [-0.3, -0.25) is 48.1 Å². The van der Waals surface area contributed by atoms with Crippen LogP contribution in [0.3, 0.4) is 0 Å². The number of carbonyl (C=O) groups is 10. The van der Waals surface area contributed by atoms with Gasteiger partial charge < -0.3 is 121 Å². The third-order valence-corrected chi connectivity index (χ3v) is 19.6. The second-order valence-corrected chi connectivity index (χ2v) is 28.5. The van der Waals surface area contributed by atoms with Gasteiger partial charge in [0.2, 0.25) is 17.7 Å². The summed E-state index contributed by atoms with van der Waals surface area (Å²) in [6.07, 6.45) is 0.351. The molecule has 8 aliphatic heterocycles. The van der Waals surface area contributed by atoms with Crippen LogP contribution in [0.4, 0.5) is 61.7 Å². The minimum atomic E-state index is -0.993. The van der Waals surface area contributed by atoms with Crippen LogP contribution in [0.25, 0.3) is 0 Å². The summed E-state index contributed by atoms with van der Waals surface area (Å²) < 4.78 is 20.4. The van der Waals surface area contributed by atoms with E-state index in [1.54, 1.807) is 165 Å². The molecule has 8 heterocycles. The molecule has 6 aromatic carbocycles. The van der Waals surface area contributed by atoms with E-state index in [0.29, 0.717) is 110 Å². The molecule has 35 nitrogen and oxygen atoms in total. The van der Waals surface area contributed by atoms with Gasteiger partial charge in [-0.25, -0.2) is 4.79 Å². The molecule has 9 amide bonds. The number of carbonyl (C=O) groups excluding carboxylic acids is 9. The molecule has 626 valence electrons. The minimum absolute atomic E-state index is 0. The number of aldehydes is 1. The molecule has 0 aromatic heterocycles. The van der Waals surface area contributed by atoms with Crippen LogP contribution in [0.2, 0.25) is 23.7 Å². The van der Waals surface area contributed by atoms with Crippen LogP contribution in [0.5, 0.6) is 0 Å². The van der Waals surface area contributed by atoms with Gasteiger partial charge in [-0.2, -0.15) is 0 Å². The molecule has 0 aliphatic carbocycles. The maximum atomic E-state index is 12.9. The number of hydrogen-bond donors (Lipinski definition) is 13. The van der Waals surface area contributed by atoms with Gasteiger partial charge in [0, 0.05) is 120 Å². The number of nitrogen functional groups attached to an aromatic ring is 1. The Hall–Kier alpha value is -10.3. The number of benzene rings is 6. The SMILES string of the molecule is C.CB(O)N1C[C@H](O)C[C@@H]1C(=O)Nc1ccc(N2CCOCC2=O)cc1.CB(O)N1C[C@H](O)C[C@@H]1C(=O)O.Nc1ccc(N2CCOCC2=O)cc1.O=C(Nc1ccc(N2CCOCC2=O)cc1)[C@H]1C[C@@H](O)CN1.O=C(Nc1ccc(N2CCOCC2=O)cc1)[C@H]1C[C@@H](O)CN1C(=O)Nc1ccc(Cl)cc1.O=CC=Nc1ccc(Cl)cc1. The van der Waals surface area contributed by atoms with Crippen LogP contribution in [0.15, 0.2) is 151 Å². The zero-order valence-corrected chi connectivity index (χ0v) is 65.2. The van der Waals surface area contributed by atoms with Gasteiger partial charge in [0.05, 0.1) is 74.8 Å². The van der Waals surface area contributed by atoms with Crippen molar-refractivity contribution < 1.29 is 102 Å². The fraction of sp³-hybridized carbons (Fsp3) is 0.397. The second kappa shape index (κ2) is 45.4. The average Bonchev–Trinajstić information content (AvgIpc) is 1.29. The van der Waals surface area contributed by atoms with Crippen molar-refractivity contribution >= 4 is 160 Å². The highest BCUT2D eigenvalue weighted by Gasteiger charge is 2.42. The zero-order valence-electron chi connectivity index (χ0n) is 63.7. The van der Waals surface area contributed by atoms with Crippen LogP contribution in [-0.4, -0.2) is 284 Å². The van der Waals surface area contributed by atoms with Gasteiger partial charge in [-0.15, -0.1) is 0 Å². The second-order valence-electron chi connectivity index (χ2n) is 27.6. The van der Waals surface area contributed by atoms with E-state index in [4.69, 9.17) is 63.1 Å². The first-order valence-corrected chi connectivity index (χ1v) is 38.1. The number of carboxylic acid groups (broad SMARTS) is 1. The lowest BCUT2D eigenvalue weighted by molar-refractivity contribution is -0.141. The summed E-state index contributed by atoms with van der Waals surface area (Å²) in [7, 11) is -1.62. The third-order valence-electron chi connectivity index (χ3n) is 19.1. The monoisotopic (exact) mass is 1660 g/mol. The highest BCUT2D eigenvalue weighted by Crippen LogP contribution is 2.29. The number of β-amino-alcohol motifs (C(OH)–C–C–N with tert-alkyl or cyclic N) is 4. The number of urea groups is 1. The van der Waals surface area contributed by atoms with Crippen molar-refractivity contribution in [2.45, 2.75) is 95.3 Å². The van der Waals surface area contributed by atoms with Crippen LogP contribution in [-0.2, 0) is 62.1 Å². The fourth-order valence-corrected chi connectivity index (χ4v) is 13.5. The summed E-state index contributed by atoms with van der Waals surface area (Å²) in [5.74, 6) is -2.09. The number of carboxylic acids is 1. The largest absolute Gasteiger partial charge is 0.480 e. The molecule has 8 saturated heterocycles. The summed E-state index contributed by atoms with van der Waals surface area (Å²) >= 11 is 11.5. The van der Waals surface area contributed by atoms with Gasteiger partial charge in [-0.1, -0.05) is 30.6 Å². The predicted octanol–water partition coefficient (Wildman–Crippen LogP) is 3.68. The number of aliphatic carboxylic acids is 1. The van der Waals surface area contributed by atoms with Gasteiger partial charge in [-0.05, 0) is 179 Å². The van der Waals surface area contributed by atoms with Crippen molar-refractivity contribution in [1.82, 2.24) is 19.8 Å². The number of aliphatic hydroxyl groups is 4. The number of nitrogens with two attached hydrogens (primary N) is 1. The number of anilines is 9. The Morgan fingerprint density at radius 3 is 1.19 bits per heavy atom. The number of nitrogens with zero attached hydrogens (tertiary/aromatic N) is 8. The average molecular weight is 1660 g/mol. The lowest BCUT2D eigenvalue weighted by Gasteiger charge is -2.27. The minimum Gasteiger partial charge on any atom is -0.480 e. The lowest BCUT2D eigenvalue weighted by Crippen LogP contribution is -2.46. The number of aliphatic hydroxyl groups excluding tert-OH is 4. The Morgan fingerprint density at radius 1 is 0.479 bits per heavy atom. The molecule has 0 spiro atoms. The fourth-order valence-electron chi connectivity index (χ4n) is 13.3. The van der Waals surface area contributed by atoms with Crippen LogP contribution in [0.1, 0.15) is 33.1 Å². The van der Waals surface area contributed by atoms with E-state index < -0.39 is 74.5 Å². The molecule has 0 unspecified atom stereocenters. The molecule has 39 heteroatoms. The molecule has 8 fully saturated rings. The van der Waals surface area contributed by atoms with E-state index in [-0.39, 0.29) is 114 Å². The molecule has 14 N–H and O–H groups in total. The Kier molecular flexibility index (Phi) is 35.8. The number of amides is 9. The zero-order chi connectivity index (χ0) is 83.5. The van der Waals surface area contributed by atoms with Crippen LogP contribution < -0.4 is 51.9 Å². The first-order valence-electron chi connectivity index (χ1n) is 37.3. The highest BCUT2D eigenvalue weighted by atomic mass is 35.5. The number of halogens is 2. The van der Waals surface area contributed by atoms with Crippen LogP contribution >= 0.6 is 23.2 Å². The number of hydrogen-bond acceptors (Lipinski definition) is 25. The van der Waals surface area contributed by atoms with Gasteiger partial charge in [0.25, 0.3) is 23.6 Å². The number of rotatable bonds is 16. The lowest BCUT2D eigenvalue weighted by atomic mass is 9.84. The van der Waals surface area contributed by atoms with Gasteiger partial charge >= 0.3 is 26.1 Å². The Balaban J connectivity index is 0.000000182. The Labute approximate surface area is 686 Å².